The molecule has 0 atom stereocenters. The zero-order chi connectivity index (χ0) is 9.14. The topological polar surface area (TPSA) is 59.1 Å². The number of benzene rings is 1. The molecular weight excluding hydrogens is 220 g/mol. The molecule has 4 heteroatoms. The number of methoxy groups -OCH3 is 1. The van der Waals surface area contributed by atoms with Crippen LogP contribution in [0.5, 0.6) is 5.75 Å². The van der Waals surface area contributed by atoms with Gasteiger partial charge in [-0.2, -0.15) is 0 Å². The molecule has 3 nitrogen and oxygen atoms in total. The average molecular weight is 229 g/mol. The minimum absolute atomic E-state index is 0.0285. The lowest BCUT2D eigenvalue weighted by Crippen LogP contribution is -2.11. The van der Waals surface area contributed by atoms with Gasteiger partial charge in [-0.05, 0) is 28.1 Å². The van der Waals surface area contributed by atoms with Crippen molar-refractivity contribution in [1.82, 2.24) is 0 Å². The van der Waals surface area contributed by atoms with Gasteiger partial charge in [0.1, 0.15) is 11.6 Å². The Kier molecular flexibility index (Phi) is 2.70. The van der Waals surface area contributed by atoms with Crippen LogP contribution in [0.3, 0.4) is 0 Å². The van der Waals surface area contributed by atoms with Gasteiger partial charge in [-0.15, -0.1) is 0 Å². The van der Waals surface area contributed by atoms with E-state index in [9.17, 15) is 0 Å². The molecule has 12 heavy (non-hydrogen) atoms. The maximum Gasteiger partial charge on any atom is 0.133 e. The lowest BCUT2D eigenvalue weighted by molar-refractivity contribution is 0.412. The second-order valence-corrected chi connectivity index (χ2v) is 3.03. The summed E-state index contributed by atoms with van der Waals surface area (Å²) in [7, 11) is 1.57. The van der Waals surface area contributed by atoms with Crippen molar-refractivity contribution in [3.8, 4) is 5.75 Å². The largest absolute Gasteiger partial charge is 0.496 e. The maximum atomic E-state index is 7.24. The summed E-state index contributed by atoms with van der Waals surface area (Å²) >= 11 is 3.30. The summed E-state index contributed by atoms with van der Waals surface area (Å²) < 4.78 is 5.76. The number of nitrogens with two attached hydrogens (primary N) is 1. The molecule has 0 aliphatic rings. The normalized spacial score (nSPS) is 9.50. The summed E-state index contributed by atoms with van der Waals surface area (Å²) in [6, 6.07) is 5.35. The first-order valence-corrected chi connectivity index (χ1v) is 4.13. The van der Waals surface area contributed by atoms with Crippen LogP contribution in [0.2, 0.25) is 0 Å². The molecule has 0 radical (unpaired) electrons. The van der Waals surface area contributed by atoms with Gasteiger partial charge in [-0.3, -0.25) is 5.41 Å². The lowest BCUT2D eigenvalue weighted by atomic mass is 10.2. The number of hydrogen-bond donors (Lipinski definition) is 2. The Balaban J connectivity index is 3.23. The molecule has 64 valence electrons. The summed E-state index contributed by atoms with van der Waals surface area (Å²) in [5.41, 5.74) is 5.98. The van der Waals surface area contributed by atoms with Crippen molar-refractivity contribution in [3.05, 3.63) is 28.2 Å². The number of rotatable bonds is 2. The first-order valence-electron chi connectivity index (χ1n) is 3.33. The molecule has 0 spiro atoms. The van der Waals surface area contributed by atoms with E-state index in [-0.39, 0.29) is 5.84 Å². The average Bonchev–Trinajstić information content (AvgIpc) is 2.04. The van der Waals surface area contributed by atoms with Crippen LogP contribution in [0, 0.1) is 5.41 Å². The van der Waals surface area contributed by atoms with E-state index in [2.05, 4.69) is 15.9 Å². The Morgan fingerprint density at radius 2 is 2.25 bits per heavy atom. The van der Waals surface area contributed by atoms with Crippen molar-refractivity contribution in [2.24, 2.45) is 5.73 Å². The molecule has 0 aromatic heterocycles. The first-order chi connectivity index (χ1) is 5.66. The number of halogens is 1. The van der Waals surface area contributed by atoms with Gasteiger partial charge in [0, 0.05) is 5.56 Å². The SMILES string of the molecule is COc1cccc(C(=N)N)c1Br. The van der Waals surface area contributed by atoms with E-state index in [4.69, 9.17) is 15.9 Å². The van der Waals surface area contributed by atoms with Gasteiger partial charge >= 0.3 is 0 Å². The fraction of sp³-hybridized carbons (Fsp3) is 0.125. The van der Waals surface area contributed by atoms with E-state index in [1.807, 2.05) is 0 Å². The molecule has 0 amide bonds. The highest BCUT2D eigenvalue weighted by molar-refractivity contribution is 9.10. The van der Waals surface area contributed by atoms with E-state index in [1.54, 1.807) is 25.3 Å². The highest BCUT2D eigenvalue weighted by atomic mass is 79.9. The molecular formula is C8H9BrN2O. The molecule has 0 aliphatic heterocycles. The number of hydrogen-bond acceptors (Lipinski definition) is 2. The molecule has 0 heterocycles. The van der Waals surface area contributed by atoms with Crippen LogP contribution in [0.4, 0.5) is 0 Å². The zero-order valence-electron chi connectivity index (χ0n) is 6.60. The van der Waals surface area contributed by atoms with Crippen molar-refractivity contribution in [2.75, 3.05) is 7.11 Å². The molecule has 3 N–H and O–H groups in total. The van der Waals surface area contributed by atoms with Crippen molar-refractivity contribution < 1.29 is 4.74 Å². The van der Waals surface area contributed by atoms with Crippen molar-refractivity contribution >= 4 is 21.8 Å². The Morgan fingerprint density at radius 1 is 1.58 bits per heavy atom. The maximum absolute atomic E-state index is 7.24. The van der Waals surface area contributed by atoms with E-state index in [0.29, 0.717) is 11.3 Å². The van der Waals surface area contributed by atoms with Crippen LogP contribution < -0.4 is 10.5 Å². The molecule has 0 aliphatic carbocycles. The second kappa shape index (κ2) is 3.58. The van der Waals surface area contributed by atoms with E-state index >= 15 is 0 Å². The van der Waals surface area contributed by atoms with Gasteiger partial charge in [-0.25, -0.2) is 0 Å². The Bertz CT molecular complexity index is 312. The smallest absolute Gasteiger partial charge is 0.133 e. The highest BCUT2D eigenvalue weighted by Crippen LogP contribution is 2.27. The van der Waals surface area contributed by atoms with Crippen LogP contribution in [0.15, 0.2) is 22.7 Å². The monoisotopic (exact) mass is 228 g/mol. The predicted molar refractivity (Wildman–Crippen MR) is 51.7 cm³/mol. The highest BCUT2D eigenvalue weighted by Gasteiger charge is 2.06. The minimum atomic E-state index is 0.0285. The summed E-state index contributed by atoms with van der Waals surface area (Å²) in [4.78, 5) is 0. The number of nitrogen functional groups attached to an aromatic ring is 1. The predicted octanol–water partition coefficient (Wildman–Crippen LogP) is 1.74. The van der Waals surface area contributed by atoms with Gasteiger partial charge in [0.05, 0.1) is 11.6 Å². The molecule has 0 bridgehead atoms. The molecule has 0 saturated heterocycles. The molecule has 0 unspecified atom stereocenters. The van der Waals surface area contributed by atoms with Crippen molar-refractivity contribution in [1.29, 1.82) is 5.41 Å². The number of nitrogens with one attached hydrogen (secondary N) is 1. The van der Waals surface area contributed by atoms with Gasteiger partial charge in [0.15, 0.2) is 0 Å². The fourth-order valence-corrected chi connectivity index (χ4v) is 1.52. The lowest BCUT2D eigenvalue weighted by Gasteiger charge is -2.06. The summed E-state index contributed by atoms with van der Waals surface area (Å²) in [5, 5.41) is 7.24. The standard InChI is InChI=1S/C8H9BrN2O/c1-12-6-4-2-3-5(7(6)9)8(10)11/h2-4H,1H3,(H3,10,11). The quantitative estimate of drug-likeness (QED) is 0.599. The summed E-state index contributed by atoms with van der Waals surface area (Å²) in [6.45, 7) is 0. The fourth-order valence-electron chi connectivity index (χ4n) is 0.876. The van der Waals surface area contributed by atoms with Gasteiger partial charge < -0.3 is 10.5 Å². The summed E-state index contributed by atoms with van der Waals surface area (Å²) in [5.74, 6) is 0.712. The number of ether oxygens (including phenoxy) is 1. The van der Waals surface area contributed by atoms with Crippen LogP contribution in [0.25, 0.3) is 0 Å². The minimum Gasteiger partial charge on any atom is -0.496 e. The first kappa shape index (κ1) is 9.06. The third kappa shape index (κ3) is 1.58. The molecule has 0 fully saturated rings. The second-order valence-electron chi connectivity index (χ2n) is 2.24. The van der Waals surface area contributed by atoms with Crippen molar-refractivity contribution in [3.63, 3.8) is 0 Å². The molecule has 1 aromatic carbocycles. The van der Waals surface area contributed by atoms with E-state index in [1.165, 1.54) is 0 Å². The van der Waals surface area contributed by atoms with Crippen LogP contribution in [-0.4, -0.2) is 12.9 Å². The van der Waals surface area contributed by atoms with Crippen LogP contribution in [-0.2, 0) is 0 Å². The van der Waals surface area contributed by atoms with Gasteiger partial charge in [-0.1, -0.05) is 6.07 Å². The Morgan fingerprint density at radius 3 is 2.75 bits per heavy atom. The Hall–Kier alpha value is -1.03. The van der Waals surface area contributed by atoms with Gasteiger partial charge in [0.25, 0.3) is 0 Å². The van der Waals surface area contributed by atoms with E-state index < -0.39 is 0 Å². The third-order valence-electron chi connectivity index (χ3n) is 1.47. The third-order valence-corrected chi connectivity index (χ3v) is 2.29. The molecule has 1 rings (SSSR count). The zero-order valence-corrected chi connectivity index (χ0v) is 8.18. The molecule has 0 saturated carbocycles. The summed E-state index contributed by atoms with van der Waals surface area (Å²) in [6.07, 6.45) is 0. The van der Waals surface area contributed by atoms with E-state index in [0.717, 1.165) is 4.47 Å². The number of amidine groups is 1. The van der Waals surface area contributed by atoms with Crippen molar-refractivity contribution in [2.45, 2.75) is 0 Å². The van der Waals surface area contributed by atoms with Crippen LogP contribution in [0.1, 0.15) is 5.56 Å². The van der Waals surface area contributed by atoms with Gasteiger partial charge in [0.2, 0.25) is 0 Å². The molecule has 1 aromatic rings. The Labute approximate surface area is 79.2 Å². The van der Waals surface area contributed by atoms with Crippen LogP contribution >= 0.6 is 15.9 Å².